The Hall–Kier alpha value is -3.59. The topological polar surface area (TPSA) is 115 Å². The molecule has 3 aromatic rings. The number of rotatable bonds is 11. The van der Waals surface area contributed by atoms with Crippen LogP contribution in [0.25, 0.3) is 10.4 Å². The third-order valence-corrected chi connectivity index (χ3v) is 5.82. The summed E-state index contributed by atoms with van der Waals surface area (Å²) in [7, 11) is 1.58. The van der Waals surface area contributed by atoms with E-state index in [1.54, 1.807) is 31.4 Å². The molecule has 188 valence electrons. The lowest BCUT2D eigenvalue weighted by Gasteiger charge is -2.42. The average molecular weight is 492 g/mol. The Balaban J connectivity index is 1.52. The monoisotopic (exact) mass is 491 g/mol. The van der Waals surface area contributed by atoms with Crippen LogP contribution in [-0.4, -0.2) is 49.5 Å². The van der Waals surface area contributed by atoms with E-state index < -0.39 is 30.6 Å². The molecule has 36 heavy (non-hydrogen) atoms. The predicted molar refractivity (Wildman–Crippen MR) is 132 cm³/mol. The Morgan fingerprint density at radius 2 is 1.50 bits per heavy atom. The maximum atomic E-state index is 11.2. The summed E-state index contributed by atoms with van der Waals surface area (Å²) in [6.07, 6.45) is -3.79. The van der Waals surface area contributed by atoms with Crippen molar-refractivity contribution in [3.63, 3.8) is 0 Å². The van der Waals surface area contributed by atoms with E-state index >= 15 is 0 Å². The van der Waals surface area contributed by atoms with Gasteiger partial charge in [-0.3, -0.25) is 0 Å². The van der Waals surface area contributed by atoms with E-state index in [0.717, 1.165) is 11.1 Å². The summed E-state index contributed by atoms with van der Waals surface area (Å²) in [5.41, 5.74) is 11.2. The van der Waals surface area contributed by atoms with Gasteiger partial charge in [0.15, 0.2) is 0 Å². The molecule has 0 spiro atoms. The van der Waals surface area contributed by atoms with Crippen molar-refractivity contribution in [2.75, 3.05) is 13.7 Å². The molecular weight excluding hydrogens is 462 g/mol. The number of ether oxygens (including phenoxy) is 5. The molecule has 3 aromatic carbocycles. The van der Waals surface area contributed by atoms with Crippen molar-refractivity contribution in [2.45, 2.75) is 43.9 Å². The van der Waals surface area contributed by atoms with E-state index in [4.69, 9.17) is 23.7 Å². The normalized spacial score (nSPS) is 23.4. The number of benzene rings is 3. The van der Waals surface area contributed by atoms with Gasteiger partial charge in [0, 0.05) is 4.91 Å². The highest BCUT2D eigenvalue weighted by Gasteiger charge is 2.47. The molecular formula is C27H29N3O6. The summed E-state index contributed by atoms with van der Waals surface area (Å²) in [6.45, 7) is 0.659. The van der Waals surface area contributed by atoms with E-state index in [1.807, 2.05) is 60.7 Å². The lowest BCUT2D eigenvalue weighted by atomic mass is 9.97. The van der Waals surface area contributed by atoms with Crippen LogP contribution in [-0.2, 0) is 27.4 Å². The molecule has 1 aliphatic heterocycles. The molecule has 5 unspecified atom stereocenters. The minimum atomic E-state index is -1.12. The van der Waals surface area contributed by atoms with Crippen LogP contribution in [0.3, 0.4) is 0 Å². The maximum Gasteiger partial charge on any atom is 0.211 e. The van der Waals surface area contributed by atoms with Gasteiger partial charge in [-0.1, -0.05) is 65.8 Å². The summed E-state index contributed by atoms with van der Waals surface area (Å²) < 4.78 is 29.3. The Morgan fingerprint density at radius 1 is 0.889 bits per heavy atom. The minimum Gasteiger partial charge on any atom is -0.497 e. The van der Waals surface area contributed by atoms with Gasteiger partial charge in [-0.2, -0.15) is 0 Å². The zero-order valence-electron chi connectivity index (χ0n) is 19.9. The lowest BCUT2D eigenvalue weighted by Crippen LogP contribution is -2.60. The van der Waals surface area contributed by atoms with Crippen molar-refractivity contribution >= 4 is 0 Å². The molecule has 1 heterocycles. The number of methoxy groups -OCH3 is 1. The SMILES string of the molecule is COc1ccc(OC2OC(COCc3ccccc3)C(O)C(OCc3ccccc3)C2N=[N+]=[N-])cc1. The molecule has 0 radical (unpaired) electrons. The average Bonchev–Trinajstić information content (AvgIpc) is 2.92. The second-order valence-corrected chi connectivity index (χ2v) is 8.28. The first-order valence-corrected chi connectivity index (χ1v) is 11.6. The van der Waals surface area contributed by atoms with Gasteiger partial charge in [0.25, 0.3) is 0 Å². The molecule has 0 aliphatic carbocycles. The van der Waals surface area contributed by atoms with Crippen molar-refractivity contribution in [2.24, 2.45) is 5.11 Å². The summed E-state index contributed by atoms with van der Waals surface area (Å²) in [4.78, 5) is 2.97. The van der Waals surface area contributed by atoms with Crippen LogP contribution in [0, 0.1) is 0 Å². The zero-order chi connectivity index (χ0) is 25.2. The number of hydrogen-bond donors (Lipinski definition) is 1. The Morgan fingerprint density at radius 3 is 2.11 bits per heavy atom. The van der Waals surface area contributed by atoms with Gasteiger partial charge in [0.1, 0.15) is 35.9 Å². The van der Waals surface area contributed by atoms with Crippen molar-refractivity contribution in [1.82, 2.24) is 0 Å². The first-order chi connectivity index (χ1) is 17.7. The minimum absolute atomic E-state index is 0.0900. The lowest BCUT2D eigenvalue weighted by molar-refractivity contribution is -0.253. The standard InChI is InChI=1S/C27H29N3O6/c1-32-21-12-14-22(15-13-21)35-27-24(29-30-28)26(34-17-20-10-6-3-7-11-20)25(31)23(36-27)18-33-16-19-8-4-2-5-9-19/h2-15,23-27,31H,16-18H2,1H3. The van der Waals surface area contributed by atoms with Gasteiger partial charge in [-0.05, 0) is 40.9 Å². The first kappa shape index (κ1) is 25.5. The highest BCUT2D eigenvalue weighted by molar-refractivity contribution is 5.31. The molecule has 1 N–H and O–H groups in total. The molecule has 5 atom stereocenters. The summed E-state index contributed by atoms with van der Waals surface area (Å²) in [5, 5.41) is 15.0. The van der Waals surface area contributed by atoms with Crippen molar-refractivity contribution in [3.05, 3.63) is 106 Å². The summed E-state index contributed by atoms with van der Waals surface area (Å²) in [6, 6.07) is 25.3. The third-order valence-electron chi connectivity index (χ3n) is 5.82. The Bertz CT molecular complexity index is 1110. The van der Waals surface area contributed by atoms with Gasteiger partial charge in [0.2, 0.25) is 6.29 Å². The fourth-order valence-corrected chi connectivity index (χ4v) is 3.94. The molecule has 9 nitrogen and oxygen atoms in total. The van der Waals surface area contributed by atoms with Crippen LogP contribution in [0.2, 0.25) is 0 Å². The maximum absolute atomic E-state index is 11.2. The Labute approximate surface area is 209 Å². The predicted octanol–water partition coefficient (Wildman–Crippen LogP) is 4.64. The molecule has 1 saturated heterocycles. The van der Waals surface area contributed by atoms with Crippen LogP contribution in [0.5, 0.6) is 11.5 Å². The van der Waals surface area contributed by atoms with Gasteiger partial charge >= 0.3 is 0 Å². The number of aliphatic hydroxyl groups is 1. The molecule has 0 saturated carbocycles. The first-order valence-electron chi connectivity index (χ1n) is 11.6. The quantitative estimate of drug-likeness (QED) is 0.237. The fraction of sp³-hybridized carbons (Fsp3) is 0.333. The van der Waals surface area contributed by atoms with Gasteiger partial charge in [-0.15, -0.1) is 0 Å². The van der Waals surface area contributed by atoms with E-state index in [9.17, 15) is 10.6 Å². The molecule has 1 fully saturated rings. The summed E-state index contributed by atoms with van der Waals surface area (Å²) >= 11 is 0. The van der Waals surface area contributed by atoms with Crippen LogP contribution in [0.4, 0.5) is 0 Å². The second kappa shape index (κ2) is 12.9. The highest BCUT2D eigenvalue weighted by atomic mass is 16.7. The smallest absolute Gasteiger partial charge is 0.211 e. The van der Waals surface area contributed by atoms with Crippen LogP contribution >= 0.6 is 0 Å². The molecule has 4 rings (SSSR count). The second-order valence-electron chi connectivity index (χ2n) is 8.28. The van der Waals surface area contributed by atoms with E-state index in [0.29, 0.717) is 18.1 Å². The Kier molecular flexibility index (Phi) is 9.15. The van der Waals surface area contributed by atoms with Crippen molar-refractivity contribution in [3.8, 4) is 11.5 Å². The van der Waals surface area contributed by atoms with E-state index in [-0.39, 0.29) is 13.2 Å². The molecule has 0 amide bonds. The fourth-order valence-electron chi connectivity index (χ4n) is 3.94. The summed E-state index contributed by atoms with van der Waals surface area (Å²) in [5.74, 6) is 1.16. The number of hydrogen-bond acceptors (Lipinski definition) is 7. The largest absolute Gasteiger partial charge is 0.497 e. The number of nitrogens with zero attached hydrogens (tertiary/aromatic N) is 3. The third kappa shape index (κ3) is 6.75. The van der Waals surface area contributed by atoms with Crippen molar-refractivity contribution < 1.29 is 28.8 Å². The van der Waals surface area contributed by atoms with Gasteiger partial charge < -0.3 is 28.8 Å². The van der Waals surface area contributed by atoms with Gasteiger partial charge in [0.05, 0.1) is 26.9 Å². The highest BCUT2D eigenvalue weighted by Crippen LogP contribution is 2.30. The molecule has 0 bridgehead atoms. The van der Waals surface area contributed by atoms with E-state index in [1.165, 1.54) is 0 Å². The zero-order valence-corrected chi connectivity index (χ0v) is 19.9. The molecule has 1 aliphatic rings. The molecule has 0 aromatic heterocycles. The van der Waals surface area contributed by atoms with Gasteiger partial charge in [-0.25, -0.2) is 0 Å². The molecule has 9 heteroatoms. The number of azide groups is 1. The van der Waals surface area contributed by atoms with Crippen LogP contribution in [0.15, 0.2) is 90.0 Å². The number of aliphatic hydroxyl groups excluding tert-OH is 1. The van der Waals surface area contributed by atoms with Crippen LogP contribution in [0.1, 0.15) is 11.1 Å². The van der Waals surface area contributed by atoms with Crippen molar-refractivity contribution in [1.29, 1.82) is 0 Å². The van der Waals surface area contributed by atoms with E-state index in [2.05, 4.69) is 10.0 Å². The van der Waals surface area contributed by atoms with Crippen LogP contribution < -0.4 is 9.47 Å².